The SMILES string of the molecule is Cc1ccc(F)c(NC(C)Cc2ccco2)c1F. The number of anilines is 1. The fraction of sp³-hybridized carbons (Fsp3) is 0.286. The first-order valence-electron chi connectivity index (χ1n) is 5.81. The molecule has 0 aliphatic heterocycles. The third-order valence-corrected chi connectivity index (χ3v) is 2.76. The number of hydrogen-bond acceptors (Lipinski definition) is 2. The van der Waals surface area contributed by atoms with Crippen molar-refractivity contribution in [3.8, 4) is 0 Å². The van der Waals surface area contributed by atoms with Gasteiger partial charge in [-0.05, 0) is 37.6 Å². The molecule has 1 aromatic carbocycles. The van der Waals surface area contributed by atoms with E-state index in [-0.39, 0.29) is 11.7 Å². The van der Waals surface area contributed by atoms with Gasteiger partial charge in [-0.25, -0.2) is 8.78 Å². The Labute approximate surface area is 105 Å². The molecule has 96 valence electrons. The van der Waals surface area contributed by atoms with Gasteiger partial charge in [0.05, 0.1) is 6.26 Å². The summed E-state index contributed by atoms with van der Waals surface area (Å²) >= 11 is 0. The van der Waals surface area contributed by atoms with Crippen molar-refractivity contribution in [3.63, 3.8) is 0 Å². The number of halogens is 2. The minimum atomic E-state index is -0.579. The molecule has 2 aromatic rings. The summed E-state index contributed by atoms with van der Waals surface area (Å²) in [5, 5.41) is 2.85. The highest BCUT2D eigenvalue weighted by atomic mass is 19.1. The molecule has 2 nitrogen and oxygen atoms in total. The van der Waals surface area contributed by atoms with Crippen LogP contribution >= 0.6 is 0 Å². The van der Waals surface area contributed by atoms with Crippen LogP contribution < -0.4 is 5.32 Å². The highest BCUT2D eigenvalue weighted by Gasteiger charge is 2.14. The van der Waals surface area contributed by atoms with Crippen LogP contribution in [0.15, 0.2) is 34.9 Å². The quantitative estimate of drug-likeness (QED) is 0.891. The van der Waals surface area contributed by atoms with E-state index in [1.165, 1.54) is 12.1 Å². The van der Waals surface area contributed by atoms with Gasteiger partial charge in [0, 0.05) is 12.5 Å². The Morgan fingerprint density at radius 1 is 1.28 bits per heavy atom. The van der Waals surface area contributed by atoms with Crippen molar-refractivity contribution in [2.75, 3.05) is 5.32 Å². The largest absolute Gasteiger partial charge is 0.469 e. The lowest BCUT2D eigenvalue weighted by molar-refractivity contribution is 0.495. The summed E-state index contributed by atoms with van der Waals surface area (Å²) in [5.41, 5.74) is 0.346. The van der Waals surface area contributed by atoms with Gasteiger partial charge in [0.1, 0.15) is 17.3 Å². The van der Waals surface area contributed by atoms with Gasteiger partial charge in [-0.2, -0.15) is 0 Å². The van der Waals surface area contributed by atoms with Gasteiger partial charge in [-0.3, -0.25) is 0 Å². The standard InChI is InChI=1S/C14H15F2NO/c1-9-5-6-12(15)14(13(9)16)17-10(2)8-11-4-3-7-18-11/h3-7,10,17H,8H2,1-2H3. The molecule has 0 aliphatic rings. The van der Waals surface area contributed by atoms with E-state index in [9.17, 15) is 8.78 Å². The van der Waals surface area contributed by atoms with E-state index in [1.54, 1.807) is 19.3 Å². The maximum Gasteiger partial charge on any atom is 0.152 e. The summed E-state index contributed by atoms with van der Waals surface area (Å²) in [6.45, 7) is 3.46. The molecular weight excluding hydrogens is 236 g/mol. The Kier molecular flexibility index (Phi) is 3.65. The van der Waals surface area contributed by atoms with E-state index in [1.807, 2.05) is 13.0 Å². The molecule has 0 spiro atoms. The Morgan fingerprint density at radius 3 is 2.72 bits per heavy atom. The number of nitrogens with one attached hydrogen (secondary N) is 1. The van der Waals surface area contributed by atoms with Gasteiger partial charge >= 0.3 is 0 Å². The Morgan fingerprint density at radius 2 is 2.06 bits per heavy atom. The predicted molar refractivity (Wildman–Crippen MR) is 66.6 cm³/mol. The molecule has 0 fully saturated rings. The smallest absolute Gasteiger partial charge is 0.152 e. The first kappa shape index (κ1) is 12.6. The Bertz CT molecular complexity index is 523. The Balaban J connectivity index is 2.11. The van der Waals surface area contributed by atoms with Crippen molar-refractivity contribution in [1.82, 2.24) is 0 Å². The molecule has 4 heteroatoms. The number of benzene rings is 1. The van der Waals surface area contributed by atoms with Crippen LogP contribution in [0.25, 0.3) is 0 Å². The van der Waals surface area contributed by atoms with Crippen LogP contribution in [-0.4, -0.2) is 6.04 Å². The maximum atomic E-state index is 13.8. The lowest BCUT2D eigenvalue weighted by Crippen LogP contribution is -2.19. The molecule has 1 N–H and O–H groups in total. The van der Waals surface area contributed by atoms with E-state index < -0.39 is 11.6 Å². The summed E-state index contributed by atoms with van der Waals surface area (Å²) in [5.74, 6) is -0.339. The fourth-order valence-corrected chi connectivity index (χ4v) is 1.82. The van der Waals surface area contributed by atoms with Crippen molar-refractivity contribution in [3.05, 3.63) is 53.5 Å². The lowest BCUT2D eigenvalue weighted by atomic mass is 10.1. The van der Waals surface area contributed by atoms with E-state index >= 15 is 0 Å². The maximum absolute atomic E-state index is 13.8. The molecule has 1 unspecified atom stereocenters. The second-order valence-corrected chi connectivity index (χ2v) is 4.38. The van der Waals surface area contributed by atoms with E-state index in [0.29, 0.717) is 12.0 Å². The third-order valence-electron chi connectivity index (χ3n) is 2.76. The van der Waals surface area contributed by atoms with Crippen LogP contribution in [0.3, 0.4) is 0 Å². The predicted octanol–water partition coefficient (Wildman–Crippen LogP) is 3.91. The van der Waals surface area contributed by atoms with Crippen molar-refractivity contribution in [1.29, 1.82) is 0 Å². The number of furan rings is 1. The van der Waals surface area contributed by atoms with Gasteiger partial charge in [0.15, 0.2) is 5.82 Å². The van der Waals surface area contributed by atoms with E-state index in [4.69, 9.17) is 4.42 Å². The molecule has 18 heavy (non-hydrogen) atoms. The van der Waals surface area contributed by atoms with Gasteiger partial charge in [-0.15, -0.1) is 0 Å². The van der Waals surface area contributed by atoms with E-state index in [2.05, 4.69) is 5.32 Å². The zero-order valence-electron chi connectivity index (χ0n) is 10.3. The highest BCUT2D eigenvalue weighted by molar-refractivity contribution is 5.49. The summed E-state index contributed by atoms with van der Waals surface area (Å²) in [4.78, 5) is 0. The van der Waals surface area contributed by atoms with Gasteiger partial charge in [-0.1, -0.05) is 6.07 Å². The van der Waals surface area contributed by atoms with Crippen LogP contribution in [0, 0.1) is 18.6 Å². The average Bonchev–Trinajstić information content (AvgIpc) is 2.82. The van der Waals surface area contributed by atoms with Gasteiger partial charge in [0.25, 0.3) is 0 Å². The third kappa shape index (κ3) is 2.70. The summed E-state index contributed by atoms with van der Waals surface area (Å²) < 4.78 is 32.5. The van der Waals surface area contributed by atoms with E-state index in [0.717, 1.165) is 5.76 Å². The van der Waals surface area contributed by atoms with Crippen molar-refractivity contribution >= 4 is 5.69 Å². The molecule has 1 atom stereocenters. The first-order valence-corrected chi connectivity index (χ1v) is 5.81. The average molecular weight is 251 g/mol. The minimum Gasteiger partial charge on any atom is -0.469 e. The second-order valence-electron chi connectivity index (χ2n) is 4.38. The second kappa shape index (κ2) is 5.21. The summed E-state index contributed by atoms with van der Waals surface area (Å²) in [6, 6.07) is 6.19. The number of aryl methyl sites for hydroxylation is 1. The van der Waals surface area contributed by atoms with Crippen LogP contribution in [0.4, 0.5) is 14.5 Å². The van der Waals surface area contributed by atoms with Crippen LogP contribution in [0.5, 0.6) is 0 Å². The molecule has 1 aromatic heterocycles. The molecule has 1 heterocycles. The van der Waals surface area contributed by atoms with Crippen LogP contribution in [0.1, 0.15) is 18.2 Å². The van der Waals surface area contributed by atoms with Gasteiger partial charge < -0.3 is 9.73 Å². The number of rotatable bonds is 4. The van der Waals surface area contributed by atoms with Crippen LogP contribution in [-0.2, 0) is 6.42 Å². The van der Waals surface area contributed by atoms with Crippen molar-refractivity contribution in [2.45, 2.75) is 26.3 Å². The monoisotopic (exact) mass is 251 g/mol. The molecule has 2 rings (SSSR count). The molecular formula is C14H15F2NO. The zero-order valence-corrected chi connectivity index (χ0v) is 10.3. The van der Waals surface area contributed by atoms with Gasteiger partial charge in [0.2, 0.25) is 0 Å². The minimum absolute atomic E-state index is 0.0749. The molecule has 0 radical (unpaired) electrons. The fourth-order valence-electron chi connectivity index (χ4n) is 1.82. The Hall–Kier alpha value is -1.84. The topological polar surface area (TPSA) is 25.2 Å². The number of hydrogen-bond donors (Lipinski definition) is 1. The molecule has 0 bridgehead atoms. The summed E-state index contributed by atoms with van der Waals surface area (Å²) in [6.07, 6.45) is 2.15. The lowest BCUT2D eigenvalue weighted by Gasteiger charge is -2.16. The molecule has 0 amide bonds. The molecule has 0 saturated heterocycles. The summed E-state index contributed by atoms with van der Waals surface area (Å²) in [7, 11) is 0. The normalized spacial score (nSPS) is 12.4. The van der Waals surface area contributed by atoms with Crippen molar-refractivity contribution in [2.24, 2.45) is 0 Å². The zero-order chi connectivity index (χ0) is 13.1. The highest BCUT2D eigenvalue weighted by Crippen LogP contribution is 2.23. The van der Waals surface area contributed by atoms with Crippen molar-refractivity contribution < 1.29 is 13.2 Å². The molecule has 0 saturated carbocycles. The van der Waals surface area contributed by atoms with Crippen LogP contribution in [0.2, 0.25) is 0 Å². The molecule has 0 aliphatic carbocycles. The first-order chi connectivity index (χ1) is 8.58.